The van der Waals surface area contributed by atoms with Crippen molar-refractivity contribution in [3.63, 3.8) is 0 Å². The Morgan fingerprint density at radius 1 is 1.12 bits per heavy atom. The largest absolute Gasteiger partial charge is 0.465 e. The number of hydrogen-bond donors (Lipinski definition) is 0. The normalized spacial score (nSPS) is 12.6. The summed E-state index contributed by atoms with van der Waals surface area (Å²) < 4.78 is 22.7. The molecule has 1 aromatic carbocycles. The second-order valence-corrected chi connectivity index (χ2v) is 6.99. The van der Waals surface area contributed by atoms with Crippen molar-refractivity contribution in [2.45, 2.75) is 38.5 Å². The third-order valence-electron chi connectivity index (χ3n) is 3.75. The minimum atomic E-state index is -1.64. The van der Waals surface area contributed by atoms with Crippen LogP contribution in [0, 0.1) is 12.3 Å². The van der Waals surface area contributed by atoms with Gasteiger partial charge in [0.05, 0.1) is 24.0 Å². The molecule has 0 amide bonds. The van der Waals surface area contributed by atoms with Crippen LogP contribution in [0.25, 0.3) is 0 Å². The smallest absolute Gasteiger partial charge is 0.327 e. The highest BCUT2D eigenvalue weighted by molar-refractivity contribution is 7.88. The first-order chi connectivity index (χ1) is 12.4. The van der Waals surface area contributed by atoms with Gasteiger partial charge in [-0.15, -0.1) is 6.58 Å². The number of aryl methyl sites for hydroxylation is 1. The molecule has 1 atom stereocenters. The molecule has 142 valence electrons. The van der Waals surface area contributed by atoms with Crippen LogP contribution in [0.5, 0.6) is 0 Å². The average Bonchev–Trinajstić information content (AvgIpc) is 2.62. The third kappa shape index (κ3) is 5.66. The van der Waals surface area contributed by atoms with E-state index in [-0.39, 0.29) is 19.6 Å². The lowest BCUT2D eigenvalue weighted by molar-refractivity contribution is -0.168. The summed E-state index contributed by atoms with van der Waals surface area (Å²) in [7, 11) is -1.51. The van der Waals surface area contributed by atoms with E-state index in [4.69, 9.17) is 9.47 Å². The van der Waals surface area contributed by atoms with Crippen molar-refractivity contribution in [3.05, 3.63) is 54.0 Å². The van der Waals surface area contributed by atoms with Gasteiger partial charge in [0.2, 0.25) is 0 Å². The number of rotatable bonds is 10. The first-order valence-corrected chi connectivity index (χ1v) is 9.74. The molecule has 0 aromatic heterocycles. The van der Waals surface area contributed by atoms with E-state index >= 15 is 0 Å². The van der Waals surface area contributed by atoms with Crippen LogP contribution in [0.4, 0.5) is 0 Å². The molecular formula is C20H26O5S. The highest BCUT2D eigenvalue weighted by Crippen LogP contribution is 2.31. The molecular weight excluding hydrogens is 352 g/mol. The molecule has 1 rings (SSSR count). The molecule has 1 aromatic rings. The van der Waals surface area contributed by atoms with Gasteiger partial charge in [0.15, 0.2) is 5.41 Å². The molecule has 0 bridgehead atoms. The molecule has 0 aliphatic carbocycles. The summed E-state index contributed by atoms with van der Waals surface area (Å²) >= 11 is 0. The van der Waals surface area contributed by atoms with Crippen LogP contribution in [0.1, 0.15) is 32.3 Å². The number of allylic oxidation sites excluding steroid dienone is 1. The van der Waals surface area contributed by atoms with Crippen molar-refractivity contribution < 1.29 is 23.3 Å². The van der Waals surface area contributed by atoms with Crippen LogP contribution in [-0.4, -0.2) is 29.4 Å². The molecule has 0 saturated heterocycles. The van der Waals surface area contributed by atoms with Gasteiger partial charge in [-0.05, 0) is 51.8 Å². The van der Waals surface area contributed by atoms with E-state index in [1.807, 2.05) is 19.1 Å². The predicted octanol–water partition coefficient (Wildman–Crippen LogP) is 3.70. The fraction of sp³-hybridized carbons (Fsp3) is 0.400. The lowest BCUT2D eigenvalue weighted by atomic mass is 9.83. The summed E-state index contributed by atoms with van der Waals surface area (Å²) in [5.41, 5.74) is -0.589. The Morgan fingerprint density at radius 3 is 2.12 bits per heavy atom. The molecule has 0 heterocycles. The topological polar surface area (TPSA) is 69.7 Å². The van der Waals surface area contributed by atoms with Crippen molar-refractivity contribution in [2.24, 2.45) is 5.41 Å². The molecule has 0 radical (unpaired) electrons. The van der Waals surface area contributed by atoms with Gasteiger partial charge in [-0.3, -0.25) is 9.59 Å². The van der Waals surface area contributed by atoms with Gasteiger partial charge in [-0.25, -0.2) is 4.21 Å². The number of esters is 2. The zero-order chi connectivity index (χ0) is 19.6. The predicted molar refractivity (Wildman–Crippen MR) is 102 cm³/mol. The van der Waals surface area contributed by atoms with E-state index in [1.165, 1.54) is 11.5 Å². The number of carbonyl (C=O) groups excluding carboxylic acids is 2. The molecule has 0 fully saturated rings. The Hall–Kier alpha value is -2.21. The van der Waals surface area contributed by atoms with Gasteiger partial charge in [-0.1, -0.05) is 23.8 Å². The van der Waals surface area contributed by atoms with Gasteiger partial charge in [-0.2, -0.15) is 0 Å². The van der Waals surface area contributed by atoms with Crippen molar-refractivity contribution in [2.75, 3.05) is 13.2 Å². The van der Waals surface area contributed by atoms with E-state index < -0.39 is 28.2 Å². The van der Waals surface area contributed by atoms with E-state index in [0.29, 0.717) is 11.3 Å². The Kier molecular flexibility index (Phi) is 8.99. The minimum absolute atomic E-state index is 0.128. The van der Waals surface area contributed by atoms with Crippen molar-refractivity contribution in [1.29, 1.82) is 0 Å². The first-order valence-electron chi connectivity index (χ1n) is 8.53. The zero-order valence-corrected chi connectivity index (χ0v) is 16.3. The summed E-state index contributed by atoms with van der Waals surface area (Å²) in [6.45, 7) is 9.15. The number of ether oxygens (including phenoxy) is 2. The number of benzene rings is 1. The van der Waals surface area contributed by atoms with Crippen molar-refractivity contribution in [3.8, 4) is 0 Å². The molecule has 5 nitrogen and oxygen atoms in total. The SMILES string of the molecule is C=CCCC(/C=C/S(=O)c1ccc(C)cc1)(C(=O)OCC)C(=O)OCC. The average molecular weight is 378 g/mol. The molecule has 1 unspecified atom stereocenters. The van der Waals surface area contributed by atoms with E-state index in [0.717, 1.165) is 5.56 Å². The Morgan fingerprint density at radius 2 is 1.65 bits per heavy atom. The van der Waals surface area contributed by atoms with Crippen LogP contribution >= 0.6 is 0 Å². The molecule has 26 heavy (non-hydrogen) atoms. The van der Waals surface area contributed by atoms with Crippen LogP contribution in [0.2, 0.25) is 0 Å². The van der Waals surface area contributed by atoms with Crippen LogP contribution in [0.15, 0.2) is 53.3 Å². The van der Waals surface area contributed by atoms with Gasteiger partial charge in [0, 0.05) is 10.3 Å². The van der Waals surface area contributed by atoms with Crippen LogP contribution < -0.4 is 0 Å². The van der Waals surface area contributed by atoms with Crippen molar-refractivity contribution in [1.82, 2.24) is 0 Å². The lowest BCUT2D eigenvalue weighted by Crippen LogP contribution is -2.40. The Labute approximate surface area is 157 Å². The summed E-state index contributed by atoms with van der Waals surface area (Å²) in [4.78, 5) is 25.7. The molecule has 6 heteroatoms. The number of hydrogen-bond acceptors (Lipinski definition) is 5. The molecule has 0 aliphatic heterocycles. The van der Waals surface area contributed by atoms with Crippen LogP contribution in [0.3, 0.4) is 0 Å². The quantitative estimate of drug-likeness (QED) is 0.353. The fourth-order valence-electron chi connectivity index (χ4n) is 2.29. The summed E-state index contributed by atoms with van der Waals surface area (Å²) in [5.74, 6) is -1.42. The second-order valence-electron chi connectivity index (χ2n) is 5.65. The molecule has 0 saturated carbocycles. The first kappa shape index (κ1) is 21.8. The van der Waals surface area contributed by atoms with Gasteiger partial charge >= 0.3 is 11.9 Å². The second kappa shape index (κ2) is 10.7. The Balaban J connectivity index is 3.24. The monoisotopic (exact) mass is 378 g/mol. The standard InChI is InChI=1S/C20H26O5S/c1-5-8-13-20(18(21)24-6-2,19(22)25-7-3)14-15-26(23)17-11-9-16(4)10-12-17/h5,9-12,14-15H,1,6-8,13H2,2-4H3/b15-14+. The highest BCUT2D eigenvalue weighted by Gasteiger charge is 2.46. The highest BCUT2D eigenvalue weighted by atomic mass is 32.2. The van der Waals surface area contributed by atoms with Gasteiger partial charge < -0.3 is 9.47 Å². The van der Waals surface area contributed by atoms with Gasteiger partial charge in [0.1, 0.15) is 0 Å². The van der Waals surface area contributed by atoms with Crippen LogP contribution in [-0.2, 0) is 29.9 Å². The lowest BCUT2D eigenvalue weighted by Gasteiger charge is -2.25. The molecule has 0 spiro atoms. The molecule has 0 aliphatic rings. The fourth-order valence-corrected chi connectivity index (χ4v) is 3.20. The van der Waals surface area contributed by atoms with Crippen molar-refractivity contribution >= 4 is 22.7 Å². The molecule has 0 N–H and O–H groups in total. The maximum atomic E-state index is 12.6. The van der Waals surface area contributed by atoms with E-state index in [2.05, 4.69) is 6.58 Å². The third-order valence-corrected chi connectivity index (χ3v) is 4.87. The van der Waals surface area contributed by atoms with E-state index in [9.17, 15) is 13.8 Å². The Bertz CT molecular complexity index is 658. The maximum Gasteiger partial charge on any atom is 0.327 e. The summed E-state index contributed by atoms with van der Waals surface area (Å²) in [6, 6.07) is 7.19. The summed E-state index contributed by atoms with van der Waals surface area (Å²) in [5, 5.41) is 1.35. The summed E-state index contributed by atoms with van der Waals surface area (Å²) in [6.07, 6.45) is 3.50. The number of carbonyl (C=O) groups is 2. The zero-order valence-electron chi connectivity index (χ0n) is 15.5. The minimum Gasteiger partial charge on any atom is -0.465 e. The van der Waals surface area contributed by atoms with Gasteiger partial charge in [0.25, 0.3) is 0 Å². The van der Waals surface area contributed by atoms with E-state index in [1.54, 1.807) is 32.1 Å². The maximum absolute atomic E-state index is 12.6.